The van der Waals surface area contributed by atoms with E-state index in [-0.39, 0.29) is 24.1 Å². The lowest BCUT2D eigenvalue weighted by molar-refractivity contribution is -0.131. The molecule has 2 aromatic rings. The van der Waals surface area contributed by atoms with Crippen molar-refractivity contribution in [1.82, 2.24) is 9.80 Å². The summed E-state index contributed by atoms with van der Waals surface area (Å²) < 4.78 is 52.0. The first-order valence-corrected chi connectivity index (χ1v) is 16.4. The van der Waals surface area contributed by atoms with Crippen LogP contribution in [-0.2, 0) is 31.1 Å². The van der Waals surface area contributed by atoms with E-state index in [9.17, 15) is 26.7 Å². The molecule has 2 aromatic carbocycles. The predicted molar refractivity (Wildman–Crippen MR) is 149 cm³/mol. The van der Waals surface area contributed by atoms with E-state index in [1.165, 1.54) is 0 Å². The number of hydrogen-bond donors (Lipinski definition) is 2. The molecular weight excluding hydrogens is 573 g/mol. The smallest absolute Gasteiger partial charge is 0.239 e. The summed E-state index contributed by atoms with van der Waals surface area (Å²) in [5, 5.41) is 9.39. The normalized spacial score (nSPS) is 22.3. The van der Waals surface area contributed by atoms with Crippen molar-refractivity contribution in [2.75, 3.05) is 42.9 Å². The van der Waals surface area contributed by atoms with Gasteiger partial charge in [-0.1, -0.05) is 41.4 Å². The number of benzene rings is 2. The second kappa shape index (κ2) is 11.7. The second-order valence-corrected chi connectivity index (χ2v) is 14.8. The minimum absolute atomic E-state index is 0.115. The van der Waals surface area contributed by atoms with E-state index in [2.05, 4.69) is 9.62 Å². The van der Waals surface area contributed by atoms with Crippen LogP contribution in [0, 0.1) is 0 Å². The van der Waals surface area contributed by atoms with Crippen molar-refractivity contribution in [3.05, 3.63) is 63.6 Å². The zero-order valence-corrected chi connectivity index (χ0v) is 24.0. The van der Waals surface area contributed by atoms with Gasteiger partial charge in [-0.25, -0.2) is 16.8 Å². The molecule has 4 rings (SSSR count). The maximum atomic E-state index is 13.3. The van der Waals surface area contributed by atoms with E-state index in [1.54, 1.807) is 48.3 Å². The number of likely N-dealkylation sites (tertiary alicyclic amines) is 1. The van der Waals surface area contributed by atoms with Crippen LogP contribution in [0.5, 0.6) is 0 Å². The molecule has 0 spiro atoms. The minimum atomic E-state index is -4.18. The fourth-order valence-electron chi connectivity index (χ4n) is 4.93. The van der Waals surface area contributed by atoms with Crippen molar-refractivity contribution < 1.29 is 26.7 Å². The number of nitrogens with one attached hydrogen (secondary N) is 1. The first-order valence-electron chi connectivity index (χ1n) is 12.3. The standard InChI is InChI=1S/C25H31Cl2N3O6S2/c1-29(25(32)12-17-7-8-20(26)21(27)11-17)22(14-30-9-2-3-10-30)18-5-4-6-19(13-18)28-38(35,36)24-16-37(33,34)15-23(24)31/h4-8,11,13,22-24,28,31H,2-3,9-10,12,14-16H2,1H3/t22-,23?,24?/m1/s1. The van der Waals surface area contributed by atoms with Gasteiger partial charge in [-0.3, -0.25) is 9.52 Å². The number of halogens is 2. The van der Waals surface area contributed by atoms with Gasteiger partial charge in [0.2, 0.25) is 15.9 Å². The molecule has 2 N–H and O–H groups in total. The number of aliphatic hydroxyl groups is 1. The lowest BCUT2D eigenvalue weighted by Crippen LogP contribution is -2.39. The minimum Gasteiger partial charge on any atom is -0.391 e. The summed E-state index contributed by atoms with van der Waals surface area (Å²) in [6.07, 6.45) is 0.763. The Bertz CT molecular complexity index is 1400. The van der Waals surface area contributed by atoms with Crippen molar-refractivity contribution in [3.63, 3.8) is 0 Å². The average molecular weight is 605 g/mol. The first kappa shape index (κ1) is 29.1. The van der Waals surface area contributed by atoms with E-state index < -0.39 is 42.7 Å². The molecule has 38 heavy (non-hydrogen) atoms. The van der Waals surface area contributed by atoms with Crippen molar-refractivity contribution in [2.45, 2.75) is 36.7 Å². The Hall–Kier alpha value is -1.89. The Morgan fingerprint density at radius 2 is 1.84 bits per heavy atom. The first-order chi connectivity index (χ1) is 17.8. The van der Waals surface area contributed by atoms with Gasteiger partial charge < -0.3 is 14.9 Å². The molecule has 2 aliphatic heterocycles. The average Bonchev–Trinajstić information content (AvgIpc) is 3.46. The highest BCUT2D eigenvalue weighted by Gasteiger charge is 2.44. The fourth-order valence-corrected chi connectivity index (χ4v) is 9.44. The van der Waals surface area contributed by atoms with Gasteiger partial charge in [0, 0.05) is 19.3 Å². The number of rotatable bonds is 9. The highest BCUT2D eigenvalue weighted by molar-refractivity contribution is 7.97. The predicted octanol–water partition coefficient (Wildman–Crippen LogP) is 2.73. The third kappa shape index (κ3) is 7.00. The maximum Gasteiger partial charge on any atom is 0.239 e. The van der Waals surface area contributed by atoms with Gasteiger partial charge in [-0.15, -0.1) is 0 Å². The number of hydrogen-bond acceptors (Lipinski definition) is 7. The number of carbonyl (C=O) groups is 1. The van der Waals surface area contributed by atoms with Crippen LogP contribution in [-0.4, -0.2) is 87.2 Å². The van der Waals surface area contributed by atoms with Crippen LogP contribution in [0.3, 0.4) is 0 Å². The SMILES string of the molecule is CN(C(=O)Cc1ccc(Cl)c(Cl)c1)[C@H](CN1CCCC1)c1cccc(NS(=O)(=O)C2CS(=O)(=O)CC2O)c1. The molecule has 0 saturated carbocycles. The topological polar surface area (TPSA) is 124 Å². The van der Waals surface area contributed by atoms with Crippen LogP contribution in [0.4, 0.5) is 5.69 Å². The number of carbonyl (C=O) groups excluding carboxylic acids is 1. The van der Waals surface area contributed by atoms with E-state index in [4.69, 9.17) is 23.2 Å². The van der Waals surface area contributed by atoms with Crippen LogP contribution in [0.15, 0.2) is 42.5 Å². The Morgan fingerprint density at radius 3 is 2.47 bits per heavy atom. The maximum absolute atomic E-state index is 13.3. The second-order valence-electron chi connectivity index (χ2n) is 9.91. The van der Waals surface area contributed by atoms with Gasteiger partial charge >= 0.3 is 0 Å². The summed E-state index contributed by atoms with van der Waals surface area (Å²) in [7, 11) is -6.10. The number of aliphatic hydroxyl groups excluding tert-OH is 1. The largest absolute Gasteiger partial charge is 0.391 e. The molecule has 0 aromatic heterocycles. The molecule has 0 aliphatic carbocycles. The highest BCUT2D eigenvalue weighted by Crippen LogP contribution is 2.29. The number of amides is 1. The van der Waals surface area contributed by atoms with E-state index in [0.29, 0.717) is 16.6 Å². The van der Waals surface area contributed by atoms with Crippen molar-refractivity contribution in [3.8, 4) is 0 Å². The lowest BCUT2D eigenvalue weighted by Gasteiger charge is -2.32. The van der Waals surface area contributed by atoms with Gasteiger partial charge in [0.25, 0.3) is 0 Å². The molecule has 2 saturated heterocycles. The summed E-state index contributed by atoms with van der Waals surface area (Å²) in [6.45, 7) is 2.39. The molecule has 0 bridgehead atoms. The molecule has 2 unspecified atom stereocenters. The number of sulfone groups is 1. The summed E-state index contributed by atoms with van der Waals surface area (Å²) in [4.78, 5) is 17.2. The van der Waals surface area contributed by atoms with E-state index in [0.717, 1.165) is 37.1 Å². The van der Waals surface area contributed by atoms with Gasteiger partial charge in [-0.2, -0.15) is 0 Å². The third-order valence-electron chi connectivity index (χ3n) is 7.03. The molecule has 2 fully saturated rings. The number of nitrogens with zero attached hydrogens (tertiary/aromatic N) is 2. The van der Waals surface area contributed by atoms with Crippen LogP contribution in [0.1, 0.15) is 30.0 Å². The van der Waals surface area contributed by atoms with Crippen LogP contribution >= 0.6 is 23.2 Å². The number of anilines is 1. The molecule has 1 amide bonds. The number of sulfonamides is 1. The third-order valence-corrected chi connectivity index (χ3v) is 11.5. The molecule has 13 heteroatoms. The Balaban J connectivity index is 1.57. The van der Waals surface area contributed by atoms with Gasteiger partial charge in [-0.05, 0) is 61.3 Å². The quantitative estimate of drug-likeness (QED) is 0.451. The summed E-state index contributed by atoms with van der Waals surface area (Å²) in [6, 6.07) is 11.4. The molecule has 208 valence electrons. The lowest BCUT2D eigenvalue weighted by atomic mass is 10.0. The monoisotopic (exact) mass is 603 g/mol. The van der Waals surface area contributed by atoms with Gasteiger partial charge in [0.1, 0.15) is 5.25 Å². The Labute approximate surface area is 233 Å². The van der Waals surface area contributed by atoms with Crippen molar-refractivity contribution >= 4 is 54.7 Å². The van der Waals surface area contributed by atoms with Crippen molar-refractivity contribution in [2.24, 2.45) is 0 Å². The van der Waals surface area contributed by atoms with Gasteiger partial charge in [0.05, 0.1) is 40.1 Å². The van der Waals surface area contributed by atoms with Crippen LogP contribution in [0.25, 0.3) is 0 Å². The van der Waals surface area contributed by atoms with Crippen LogP contribution < -0.4 is 4.72 Å². The molecule has 3 atom stereocenters. The zero-order chi connectivity index (χ0) is 27.7. The van der Waals surface area contributed by atoms with E-state index in [1.807, 2.05) is 6.07 Å². The molecule has 2 heterocycles. The Morgan fingerprint density at radius 1 is 1.13 bits per heavy atom. The molecule has 2 aliphatic rings. The number of likely N-dealkylation sites (N-methyl/N-ethyl adjacent to an activating group) is 1. The zero-order valence-electron chi connectivity index (χ0n) is 20.9. The van der Waals surface area contributed by atoms with E-state index >= 15 is 0 Å². The summed E-state index contributed by atoms with van der Waals surface area (Å²) in [5.41, 5.74) is 1.68. The molecular formula is C25H31Cl2N3O6S2. The van der Waals surface area contributed by atoms with Crippen molar-refractivity contribution in [1.29, 1.82) is 0 Å². The summed E-state index contributed by atoms with van der Waals surface area (Å²) >= 11 is 12.1. The molecule has 0 radical (unpaired) electrons. The summed E-state index contributed by atoms with van der Waals surface area (Å²) in [5.74, 6) is -1.35. The molecule has 9 nitrogen and oxygen atoms in total. The Kier molecular flexibility index (Phi) is 8.95. The van der Waals surface area contributed by atoms with Crippen LogP contribution in [0.2, 0.25) is 10.0 Å². The fraction of sp³-hybridized carbons (Fsp3) is 0.480. The van der Waals surface area contributed by atoms with Gasteiger partial charge in [0.15, 0.2) is 9.84 Å². The highest BCUT2D eigenvalue weighted by atomic mass is 35.5.